The Labute approximate surface area is 237 Å². The normalized spacial score (nSPS) is 40.5. The van der Waals surface area contributed by atoms with Crippen molar-refractivity contribution in [2.24, 2.45) is 35.5 Å². The summed E-state index contributed by atoms with van der Waals surface area (Å²) < 4.78 is 0. The molecule has 5 aliphatic carbocycles. The van der Waals surface area contributed by atoms with E-state index in [0.717, 1.165) is 59.7 Å². The minimum atomic E-state index is 0.842. The molecule has 0 spiro atoms. The predicted molar refractivity (Wildman–Crippen MR) is 162 cm³/mol. The minimum absolute atomic E-state index is 0.842. The molecule has 6 rings (SSSR count). The van der Waals surface area contributed by atoms with Crippen LogP contribution in [0.25, 0.3) is 0 Å². The molecular formula is C36H64N2. The second-order valence-electron chi connectivity index (χ2n) is 15.5. The molecule has 38 heavy (non-hydrogen) atoms. The van der Waals surface area contributed by atoms with E-state index in [0.29, 0.717) is 0 Å². The van der Waals surface area contributed by atoms with Crippen LogP contribution in [0.1, 0.15) is 161 Å². The number of likely N-dealkylation sites (tertiary alicyclic amines) is 1. The van der Waals surface area contributed by atoms with E-state index in [4.69, 9.17) is 0 Å². The van der Waals surface area contributed by atoms with Gasteiger partial charge in [0.05, 0.1) is 0 Å². The quantitative estimate of drug-likeness (QED) is 0.302. The predicted octanol–water partition coefficient (Wildman–Crippen LogP) is 9.51. The average molecular weight is 525 g/mol. The van der Waals surface area contributed by atoms with Crippen LogP contribution in [-0.2, 0) is 0 Å². The molecule has 6 unspecified atom stereocenters. The Bertz CT molecular complexity index is 685. The minimum Gasteiger partial charge on any atom is -0.314 e. The van der Waals surface area contributed by atoms with Crippen molar-refractivity contribution < 1.29 is 0 Å². The van der Waals surface area contributed by atoms with Crippen molar-refractivity contribution in [2.45, 2.75) is 185 Å². The van der Waals surface area contributed by atoms with Gasteiger partial charge in [0.1, 0.15) is 0 Å². The van der Waals surface area contributed by atoms with Gasteiger partial charge < -0.3 is 5.32 Å². The molecule has 1 N–H and O–H groups in total. The number of hydrogen-bond donors (Lipinski definition) is 1. The number of fused-ring (bicyclic) bond motifs is 3. The van der Waals surface area contributed by atoms with Gasteiger partial charge in [0.25, 0.3) is 0 Å². The van der Waals surface area contributed by atoms with Crippen LogP contribution in [0, 0.1) is 35.5 Å². The molecule has 1 aliphatic heterocycles. The van der Waals surface area contributed by atoms with Gasteiger partial charge in [-0.15, -0.1) is 0 Å². The highest BCUT2D eigenvalue weighted by Gasteiger charge is 2.53. The van der Waals surface area contributed by atoms with Crippen molar-refractivity contribution in [3.05, 3.63) is 0 Å². The molecule has 218 valence electrons. The molecule has 2 nitrogen and oxygen atoms in total. The SMILES string of the molecule is CC(CCCCNC1CCCCC1)C1CCC(C2CCC3C4CCCCC4N(C4CCCCC4)C3C2)CC1. The van der Waals surface area contributed by atoms with Gasteiger partial charge in [-0.25, -0.2) is 0 Å². The maximum absolute atomic E-state index is 3.87. The van der Waals surface area contributed by atoms with E-state index in [1.54, 1.807) is 57.8 Å². The molecule has 2 heteroatoms. The van der Waals surface area contributed by atoms with Crippen molar-refractivity contribution in [3.63, 3.8) is 0 Å². The fraction of sp³-hybridized carbons (Fsp3) is 1.00. The Morgan fingerprint density at radius 2 is 1.26 bits per heavy atom. The molecule has 0 aromatic rings. The third kappa shape index (κ3) is 6.53. The smallest absolute Gasteiger partial charge is 0.0135 e. The standard InChI is InChI=1S/C36H64N2/c1-27(12-10-11-25-37-31-13-4-2-5-14-31)28-19-21-29(22-20-28)30-23-24-34-33-17-8-9-18-35(33)38(36(34)26-30)32-15-6-3-7-16-32/h27-37H,2-26H2,1H3. The highest BCUT2D eigenvalue weighted by molar-refractivity contribution is 5.06. The van der Waals surface area contributed by atoms with Gasteiger partial charge in [-0.1, -0.05) is 71.1 Å². The van der Waals surface area contributed by atoms with Crippen LogP contribution in [0.3, 0.4) is 0 Å². The molecule has 6 atom stereocenters. The lowest BCUT2D eigenvalue weighted by molar-refractivity contribution is 0.0375. The second-order valence-corrected chi connectivity index (χ2v) is 15.5. The number of unbranched alkanes of at least 4 members (excludes halogenated alkanes) is 1. The summed E-state index contributed by atoms with van der Waals surface area (Å²) in [6.07, 6.45) is 36.3. The maximum Gasteiger partial charge on any atom is 0.0135 e. The first-order valence-electron chi connectivity index (χ1n) is 18.3. The fourth-order valence-electron chi connectivity index (χ4n) is 11.3. The molecular weight excluding hydrogens is 460 g/mol. The van der Waals surface area contributed by atoms with Gasteiger partial charge >= 0.3 is 0 Å². The molecule has 6 aliphatic rings. The molecule has 0 amide bonds. The molecule has 0 aromatic carbocycles. The Hall–Kier alpha value is -0.0800. The van der Waals surface area contributed by atoms with Crippen molar-refractivity contribution in [1.82, 2.24) is 10.2 Å². The summed E-state index contributed by atoms with van der Waals surface area (Å²) in [4.78, 5) is 3.25. The summed E-state index contributed by atoms with van der Waals surface area (Å²) in [5.41, 5.74) is 0. The molecule has 0 bridgehead atoms. The van der Waals surface area contributed by atoms with Crippen molar-refractivity contribution >= 4 is 0 Å². The van der Waals surface area contributed by atoms with Crippen molar-refractivity contribution in [1.29, 1.82) is 0 Å². The van der Waals surface area contributed by atoms with E-state index in [1.165, 1.54) is 103 Å². The van der Waals surface area contributed by atoms with Crippen molar-refractivity contribution in [2.75, 3.05) is 6.54 Å². The van der Waals surface area contributed by atoms with Crippen LogP contribution in [0.5, 0.6) is 0 Å². The number of rotatable bonds is 9. The van der Waals surface area contributed by atoms with Gasteiger partial charge in [-0.3, -0.25) is 4.90 Å². The Morgan fingerprint density at radius 3 is 2.05 bits per heavy atom. The van der Waals surface area contributed by atoms with E-state index < -0.39 is 0 Å². The van der Waals surface area contributed by atoms with Crippen LogP contribution in [0.4, 0.5) is 0 Å². The Balaban J connectivity index is 0.950. The Morgan fingerprint density at radius 1 is 0.605 bits per heavy atom. The monoisotopic (exact) mass is 525 g/mol. The van der Waals surface area contributed by atoms with Crippen LogP contribution in [0.15, 0.2) is 0 Å². The van der Waals surface area contributed by atoms with Crippen LogP contribution >= 0.6 is 0 Å². The lowest BCUT2D eigenvalue weighted by atomic mass is 9.64. The Kier molecular flexibility index (Phi) is 10.1. The van der Waals surface area contributed by atoms with E-state index in [2.05, 4.69) is 17.1 Å². The zero-order valence-corrected chi connectivity index (χ0v) is 25.4. The van der Waals surface area contributed by atoms with Crippen molar-refractivity contribution in [3.8, 4) is 0 Å². The third-order valence-corrected chi connectivity index (χ3v) is 13.4. The summed E-state index contributed by atoms with van der Waals surface area (Å²) in [5, 5.41) is 3.87. The van der Waals surface area contributed by atoms with E-state index in [-0.39, 0.29) is 0 Å². The number of nitrogens with one attached hydrogen (secondary N) is 1. The lowest BCUT2D eigenvalue weighted by Gasteiger charge is -2.45. The molecule has 0 radical (unpaired) electrons. The number of hydrogen-bond acceptors (Lipinski definition) is 2. The van der Waals surface area contributed by atoms with E-state index in [1.807, 2.05) is 0 Å². The first-order chi connectivity index (χ1) is 18.8. The summed E-state index contributed by atoms with van der Waals surface area (Å²) >= 11 is 0. The first-order valence-corrected chi connectivity index (χ1v) is 18.3. The van der Waals surface area contributed by atoms with Gasteiger partial charge in [-0.2, -0.15) is 0 Å². The third-order valence-electron chi connectivity index (χ3n) is 13.4. The zero-order valence-electron chi connectivity index (χ0n) is 25.4. The van der Waals surface area contributed by atoms with Gasteiger partial charge in [0.2, 0.25) is 0 Å². The maximum atomic E-state index is 3.87. The number of nitrogens with zero attached hydrogens (tertiary/aromatic N) is 1. The summed E-state index contributed by atoms with van der Waals surface area (Å²) in [6, 6.07) is 3.76. The summed E-state index contributed by atoms with van der Waals surface area (Å²) in [6.45, 7) is 3.88. The van der Waals surface area contributed by atoms with Gasteiger partial charge in [0.15, 0.2) is 0 Å². The second kappa shape index (κ2) is 13.7. The summed E-state index contributed by atoms with van der Waals surface area (Å²) in [7, 11) is 0. The highest BCUT2D eigenvalue weighted by Crippen LogP contribution is 2.54. The molecule has 1 saturated heterocycles. The average Bonchev–Trinajstić information content (AvgIpc) is 3.31. The van der Waals surface area contributed by atoms with Crippen LogP contribution < -0.4 is 5.32 Å². The van der Waals surface area contributed by atoms with Crippen LogP contribution in [-0.4, -0.2) is 35.6 Å². The lowest BCUT2D eigenvalue weighted by Crippen LogP contribution is -2.48. The molecule has 1 heterocycles. The fourth-order valence-corrected chi connectivity index (χ4v) is 11.3. The summed E-state index contributed by atoms with van der Waals surface area (Å²) in [5.74, 6) is 6.26. The zero-order chi connectivity index (χ0) is 25.7. The largest absolute Gasteiger partial charge is 0.314 e. The van der Waals surface area contributed by atoms with Crippen LogP contribution in [0.2, 0.25) is 0 Å². The first kappa shape index (κ1) is 28.1. The van der Waals surface area contributed by atoms with E-state index in [9.17, 15) is 0 Å². The molecule has 5 saturated carbocycles. The molecule has 6 fully saturated rings. The van der Waals surface area contributed by atoms with Gasteiger partial charge in [0, 0.05) is 24.2 Å². The molecule has 0 aromatic heterocycles. The topological polar surface area (TPSA) is 15.3 Å². The van der Waals surface area contributed by atoms with Gasteiger partial charge in [-0.05, 0) is 132 Å². The highest BCUT2D eigenvalue weighted by atomic mass is 15.3. The van der Waals surface area contributed by atoms with E-state index >= 15 is 0 Å².